The van der Waals surface area contributed by atoms with E-state index in [9.17, 15) is 9.90 Å². The number of amides is 2. The van der Waals surface area contributed by atoms with Gasteiger partial charge in [-0.3, -0.25) is 0 Å². The average Bonchev–Trinajstić information content (AvgIpc) is 3.12. The highest BCUT2D eigenvalue weighted by Gasteiger charge is 2.47. The third-order valence-electron chi connectivity index (χ3n) is 4.38. The van der Waals surface area contributed by atoms with Crippen molar-refractivity contribution < 1.29 is 19.4 Å². The summed E-state index contributed by atoms with van der Waals surface area (Å²) in [4.78, 5) is 12.3. The summed E-state index contributed by atoms with van der Waals surface area (Å²) >= 11 is 0. The molecule has 0 bridgehead atoms. The highest BCUT2D eigenvalue weighted by molar-refractivity contribution is 6.01. The third-order valence-corrected chi connectivity index (χ3v) is 4.38. The van der Waals surface area contributed by atoms with Crippen LogP contribution in [0.1, 0.15) is 0 Å². The lowest BCUT2D eigenvalue weighted by Crippen LogP contribution is -2.46. The minimum atomic E-state index is -0.618. The van der Waals surface area contributed by atoms with E-state index in [1.165, 1.54) is 0 Å². The van der Waals surface area contributed by atoms with Crippen LogP contribution in [-0.2, 0) is 9.47 Å². The number of ether oxygens (including phenoxy) is 2. The summed E-state index contributed by atoms with van der Waals surface area (Å²) in [6.45, 7) is 0.591. The third kappa shape index (κ3) is 2.65. The van der Waals surface area contributed by atoms with Gasteiger partial charge in [-0.15, -0.1) is 0 Å². The average molecular weight is 314 g/mol. The van der Waals surface area contributed by atoms with E-state index < -0.39 is 6.10 Å². The van der Waals surface area contributed by atoms with E-state index in [1.54, 1.807) is 0 Å². The lowest BCUT2D eigenvalue weighted by molar-refractivity contribution is 0.0180. The second-order valence-corrected chi connectivity index (χ2v) is 5.89. The Labute approximate surface area is 133 Å². The molecule has 4 rings (SSSR count). The van der Waals surface area contributed by atoms with Crippen molar-refractivity contribution in [2.24, 2.45) is 0 Å². The molecule has 2 aliphatic heterocycles. The van der Waals surface area contributed by atoms with Gasteiger partial charge >= 0.3 is 6.03 Å². The van der Waals surface area contributed by atoms with Gasteiger partial charge in [0.2, 0.25) is 0 Å². The Kier molecular flexibility index (Phi) is 3.65. The molecule has 2 aromatic rings. The van der Waals surface area contributed by atoms with Gasteiger partial charge in [-0.05, 0) is 11.5 Å². The lowest BCUT2D eigenvalue weighted by Gasteiger charge is -2.18. The van der Waals surface area contributed by atoms with Crippen molar-refractivity contribution in [1.29, 1.82) is 0 Å². The number of rotatable bonds is 2. The standard InChI is InChI=1S/C17H18N2O4/c20-14-9-23-15-13(8-22-16(14)15)19-17(21)18-12-7-3-5-10-4-1-2-6-11(10)12/h1-7,13-16,20H,8-9H2,(H2,18,19,21)/t13-,14-,15-,16+/m1/s1. The van der Waals surface area contributed by atoms with Crippen LogP contribution in [0.4, 0.5) is 10.5 Å². The fourth-order valence-corrected chi connectivity index (χ4v) is 3.26. The molecule has 4 atom stereocenters. The van der Waals surface area contributed by atoms with Gasteiger partial charge in [0.1, 0.15) is 18.3 Å². The molecule has 2 fully saturated rings. The van der Waals surface area contributed by atoms with Gasteiger partial charge in [0.15, 0.2) is 0 Å². The number of hydrogen-bond donors (Lipinski definition) is 3. The molecule has 2 amide bonds. The quantitative estimate of drug-likeness (QED) is 0.784. The summed E-state index contributed by atoms with van der Waals surface area (Å²) < 4.78 is 11.0. The van der Waals surface area contributed by atoms with Gasteiger partial charge in [0, 0.05) is 5.39 Å². The number of hydrogen-bond acceptors (Lipinski definition) is 4. The fourth-order valence-electron chi connectivity index (χ4n) is 3.26. The zero-order valence-corrected chi connectivity index (χ0v) is 12.4. The van der Waals surface area contributed by atoms with Gasteiger partial charge in [-0.1, -0.05) is 36.4 Å². The Morgan fingerprint density at radius 2 is 1.83 bits per heavy atom. The van der Waals surface area contributed by atoms with Crippen molar-refractivity contribution in [3.8, 4) is 0 Å². The molecular formula is C17H18N2O4. The molecule has 2 aromatic carbocycles. The molecule has 3 N–H and O–H groups in total. The maximum atomic E-state index is 12.3. The predicted octanol–water partition coefficient (Wildman–Crippen LogP) is 1.49. The van der Waals surface area contributed by atoms with Crippen LogP contribution < -0.4 is 10.6 Å². The molecule has 0 saturated carbocycles. The number of aliphatic hydroxyl groups is 1. The Hall–Kier alpha value is -2.15. The molecule has 0 spiro atoms. The smallest absolute Gasteiger partial charge is 0.319 e. The topological polar surface area (TPSA) is 79.8 Å². The Bertz CT molecular complexity index is 730. The summed E-state index contributed by atoms with van der Waals surface area (Å²) in [5.74, 6) is 0. The van der Waals surface area contributed by atoms with Gasteiger partial charge in [0.25, 0.3) is 0 Å². The lowest BCUT2D eigenvalue weighted by atomic mass is 10.1. The molecular weight excluding hydrogens is 296 g/mol. The van der Waals surface area contributed by atoms with Crippen molar-refractivity contribution in [2.75, 3.05) is 18.5 Å². The van der Waals surface area contributed by atoms with Crippen molar-refractivity contribution >= 4 is 22.5 Å². The van der Waals surface area contributed by atoms with Crippen molar-refractivity contribution in [3.05, 3.63) is 42.5 Å². The Morgan fingerprint density at radius 1 is 1.04 bits per heavy atom. The number of aliphatic hydroxyl groups excluding tert-OH is 1. The molecule has 0 aromatic heterocycles. The van der Waals surface area contributed by atoms with Gasteiger partial charge < -0.3 is 25.2 Å². The minimum absolute atomic E-state index is 0.248. The maximum Gasteiger partial charge on any atom is 0.319 e. The first-order valence-electron chi connectivity index (χ1n) is 7.69. The molecule has 0 unspecified atom stereocenters. The van der Waals surface area contributed by atoms with Crippen LogP contribution in [-0.4, -0.2) is 48.7 Å². The number of nitrogens with one attached hydrogen (secondary N) is 2. The highest BCUT2D eigenvalue weighted by Crippen LogP contribution is 2.27. The molecule has 23 heavy (non-hydrogen) atoms. The van der Waals surface area contributed by atoms with E-state index in [1.807, 2.05) is 42.5 Å². The first-order valence-corrected chi connectivity index (χ1v) is 7.69. The maximum absolute atomic E-state index is 12.3. The fraction of sp³-hybridized carbons (Fsp3) is 0.353. The van der Waals surface area contributed by atoms with E-state index in [4.69, 9.17) is 9.47 Å². The van der Waals surface area contributed by atoms with E-state index in [0.29, 0.717) is 6.61 Å². The first-order chi connectivity index (χ1) is 11.2. The SMILES string of the molecule is O=C(Nc1cccc2ccccc12)N[C@@H]1CO[C@@H]2[C@@H]1OC[C@H]2O. The van der Waals surface area contributed by atoms with Crippen molar-refractivity contribution in [3.63, 3.8) is 0 Å². The number of anilines is 1. The summed E-state index contributed by atoms with van der Waals surface area (Å²) in [5, 5.41) is 17.5. The zero-order chi connectivity index (χ0) is 15.8. The number of carbonyl (C=O) groups is 1. The van der Waals surface area contributed by atoms with Gasteiger partial charge in [-0.2, -0.15) is 0 Å². The summed E-state index contributed by atoms with van der Waals surface area (Å²) in [7, 11) is 0. The van der Waals surface area contributed by atoms with E-state index in [2.05, 4.69) is 10.6 Å². The second-order valence-electron chi connectivity index (χ2n) is 5.89. The number of benzene rings is 2. The summed E-state index contributed by atoms with van der Waals surface area (Å²) in [6.07, 6.45) is -1.26. The largest absolute Gasteiger partial charge is 0.388 e. The predicted molar refractivity (Wildman–Crippen MR) is 85.4 cm³/mol. The minimum Gasteiger partial charge on any atom is -0.388 e. The molecule has 120 valence electrons. The Morgan fingerprint density at radius 3 is 2.74 bits per heavy atom. The molecule has 0 radical (unpaired) electrons. The molecule has 6 nitrogen and oxygen atoms in total. The highest BCUT2D eigenvalue weighted by atomic mass is 16.6. The molecule has 2 saturated heterocycles. The molecule has 2 heterocycles. The van der Waals surface area contributed by atoms with Crippen molar-refractivity contribution in [1.82, 2.24) is 5.32 Å². The van der Waals surface area contributed by atoms with Crippen LogP contribution in [0.3, 0.4) is 0 Å². The van der Waals surface area contributed by atoms with Crippen LogP contribution in [0.5, 0.6) is 0 Å². The number of urea groups is 1. The van der Waals surface area contributed by atoms with E-state index in [-0.39, 0.29) is 30.9 Å². The van der Waals surface area contributed by atoms with E-state index >= 15 is 0 Å². The van der Waals surface area contributed by atoms with E-state index in [0.717, 1.165) is 16.5 Å². The van der Waals surface area contributed by atoms with Gasteiger partial charge in [-0.25, -0.2) is 4.79 Å². The van der Waals surface area contributed by atoms with Crippen LogP contribution >= 0.6 is 0 Å². The van der Waals surface area contributed by atoms with Crippen molar-refractivity contribution in [2.45, 2.75) is 24.4 Å². The summed E-state index contributed by atoms with van der Waals surface area (Å²) in [6, 6.07) is 13.1. The molecule has 2 aliphatic rings. The van der Waals surface area contributed by atoms with Crippen LogP contribution in [0.25, 0.3) is 10.8 Å². The Balaban J connectivity index is 1.46. The molecule has 6 heteroatoms. The normalized spacial score (nSPS) is 29.4. The number of fused-ring (bicyclic) bond motifs is 2. The molecule has 0 aliphatic carbocycles. The first kappa shape index (κ1) is 14.4. The number of carbonyl (C=O) groups excluding carboxylic acids is 1. The van der Waals surface area contributed by atoms with Crippen LogP contribution in [0.2, 0.25) is 0 Å². The van der Waals surface area contributed by atoms with Crippen LogP contribution in [0.15, 0.2) is 42.5 Å². The monoisotopic (exact) mass is 314 g/mol. The summed E-state index contributed by atoms with van der Waals surface area (Å²) in [5.41, 5.74) is 0.753. The second kappa shape index (κ2) is 5.81. The van der Waals surface area contributed by atoms with Crippen LogP contribution in [0, 0.1) is 0 Å². The van der Waals surface area contributed by atoms with Gasteiger partial charge in [0.05, 0.1) is 24.9 Å². The zero-order valence-electron chi connectivity index (χ0n) is 12.4.